The lowest BCUT2D eigenvalue weighted by Crippen LogP contribution is -3.13. The van der Waals surface area contributed by atoms with Crippen LogP contribution < -0.4 is 10.2 Å². The van der Waals surface area contributed by atoms with Gasteiger partial charge in [-0.2, -0.15) is 0 Å². The molecule has 27 heavy (non-hydrogen) atoms. The number of benzene rings is 1. The summed E-state index contributed by atoms with van der Waals surface area (Å²) in [5, 5.41) is 3.26. The quantitative estimate of drug-likeness (QED) is 0.676. The number of hydrogen-bond acceptors (Lipinski definition) is 3. The number of esters is 1. The second-order valence-electron chi connectivity index (χ2n) is 7.29. The number of halogens is 1. The molecule has 1 aromatic carbocycles. The second-order valence-corrected chi connectivity index (χ2v) is 7.29. The van der Waals surface area contributed by atoms with Crippen molar-refractivity contribution in [2.45, 2.75) is 33.1 Å². The van der Waals surface area contributed by atoms with Gasteiger partial charge in [-0.3, -0.25) is 4.79 Å². The Hall–Kier alpha value is -2.41. The van der Waals surface area contributed by atoms with Crippen LogP contribution in [0.5, 0.6) is 0 Å². The molecule has 1 aromatic heterocycles. The zero-order valence-electron chi connectivity index (χ0n) is 15.9. The van der Waals surface area contributed by atoms with Crippen LogP contribution in [0.2, 0.25) is 0 Å². The summed E-state index contributed by atoms with van der Waals surface area (Å²) in [4.78, 5) is 29.1. The van der Waals surface area contributed by atoms with Gasteiger partial charge in [0, 0.05) is 16.8 Å². The van der Waals surface area contributed by atoms with Gasteiger partial charge in [0.15, 0.2) is 0 Å². The van der Waals surface area contributed by atoms with Gasteiger partial charge in [0.1, 0.15) is 11.5 Å². The molecule has 0 spiro atoms. The van der Waals surface area contributed by atoms with Gasteiger partial charge in [-0.15, -0.1) is 0 Å². The van der Waals surface area contributed by atoms with E-state index in [1.165, 1.54) is 29.9 Å². The highest BCUT2D eigenvalue weighted by atomic mass is 19.1. The summed E-state index contributed by atoms with van der Waals surface area (Å²) < 4.78 is 18.8. The summed E-state index contributed by atoms with van der Waals surface area (Å²) in [6.07, 6.45) is 2.79. The highest BCUT2D eigenvalue weighted by Crippen LogP contribution is 2.29. The van der Waals surface area contributed by atoms with Crippen molar-refractivity contribution in [1.82, 2.24) is 4.98 Å². The molecule has 0 radical (unpaired) electrons. The van der Waals surface area contributed by atoms with Crippen LogP contribution in [0.15, 0.2) is 18.2 Å². The Bertz CT molecular complexity index is 833. The lowest BCUT2D eigenvalue weighted by atomic mass is 10.0. The molecule has 6 nitrogen and oxygen atoms in total. The third-order valence-electron chi connectivity index (χ3n) is 5.07. The number of H-pyrrole nitrogens is 1. The number of quaternary nitrogens is 1. The van der Waals surface area contributed by atoms with Crippen LogP contribution in [0.3, 0.4) is 0 Å². The van der Waals surface area contributed by atoms with E-state index in [9.17, 15) is 14.0 Å². The predicted molar refractivity (Wildman–Crippen MR) is 101 cm³/mol. The number of piperidine rings is 1. The van der Waals surface area contributed by atoms with E-state index < -0.39 is 11.8 Å². The van der Waals surface area contributed by atoms with Crippen molar-refractivity contribution in [3.8, 4) is 0 Å². The molecule has 1 fully saturated rings. The maximum absolute atomic E-state index is 13.7. The van der Waals surface area contributed by atoms with Crippen molar-refractivity contribution < 1.29 is 23.6 Å². The number of likely N-dealkylation sites (tertiary alicyclic amines) is 1. The largest absolute Gasteiger partial charge is 0.461 e. The molecule has 0 bridgehead atoms. The molecule has 0 aliphatic carbocycles. The average molecular weight is 376 g/mol. The van der Waals surface area contributed by atoms with Crippen LogP contribution in [-0.2, 0) is 9.53 Å². The number of ether oxygens (including phenoxy) is 1. The van der Waals surface area contributed by atoms with Crippen LogP contribution in [-0.4, -0.2) is 43.1 Å². The highest BCUT2D eigenvalue weighted by Gasteiger charge is 2.23. The summed E-state index contributed by atoms with van der Waals surface area (Å²) in [5.41, 5.74) is 1.00. The van der Waals surface area contributed by atoms with Gasteiger partial charge < -0.3 is 19.9 Å². The van der Waals surface area contributed by atoms with Crippen LogP contribution >= 0.6 is 0 Å². The van der Waals surface area contributed by atoms with Crippen molar-refractivity contribution in [3.05, 3.63) is 29.7 Å². The Kier molecular flexibility index (Phi) is 6.11. The first-order chi connectivity index (χ1) is 13.0. The second kappa shape index (κ2) is 8.52. The van der Waals surface area contributed by atoms with Crippen LogP contribution in [0.1, 0.15) is 43.6 Å². The first-order valence-electron chi connectivity index (χ1n) is 9.59. The third-order valence-corrected chi connectivity index (χ3v) is 5.07. The summed E-state index contributed by atoms with van der Waals surface area (Å²) in [7, 11) is 0. The number of anilines is 1. The molecule has 1 saturated heterocycles. The maximum Gasteiger partial charge on any atom is 0.356 e. The highest BCUT2D eigenvalue weighted by molar-refractivity contribution is 6.10. The zero-order chi connectivity index (χ0) is 19.4. The van der Waals surface area contributed by atoms with Crippen molar-refractivity contribution in [2.75, 3.05) is 31.6 Å². The molecule has 7 heteroatoms. The molecular weight excluding hydrogens is 349 g/mol. The summed E-state index contributed by atoms with van der Waals surface area (Å²) in [6.45, 7) is 7.09. The first-order valence-corrected chi connectivity index (χ1v) is 9.59. The van der Waals surface area contributed by atoms with E-state index >= 15 is 0 Å². The fourth-order valence-electron chi connectivity index (χ4n) is 3.77. The number of nitrogens with one attached hydrogen (secondary N) is 3. The van der Waals surface area contributed by atoms with Crippen molar-refractivity contribution >= 4 is 28.5 Å². The smallest absolute Gasteiger partial charge is 0.356 e. The Morgan fingerprint density at radius 1 is 1.41 bits per heavy atom. The van der Waals surface area contributed by atoms with Gasteiger partial charge >= 0.3 is 5.97 Å². The molecule has 1 unspecified atom stereocenters. The topological polar surface area (TPSA) is 75.6 Å². The summed E-state index contributed by atoms with van der Waals surface area (Å²) in [5.74, 6) is -0.501. The molecule has 1 aliphatic heterocycles. The molecule has 1 aliphatic rings. The van der Waals surface area contributed by atoms with Crippen LogP contribution in [0, 0.1) is 11.7 Å². The maximum atomic E-state index is 13.7. The van der Waals surface area contributed by atoms with Crippen molar-refractivity contribution in [3.63, 3.8) is 0 Å². The average Bonchev–Trinajstić information content (AvgIpc) is 2.98. The molecule has 2 atom stereocenters. The molecule has 1 amide bonds. The lowest BCUT2D eigenvalue weighted by molar-refractivity contribution is -0.907. The normalized spacial score (nSPS) is 19.8. The van der Waals surface area contributed by atoms with E-state index in [0.717, 1.165) is 19.6 Å². The number of hydrogen-bond donors (Lipinski definition) is 3. The number of rotatable bonds is 6. The molecular formula is C20H27FN3O3+. The third kappa shape index (κ3) is 4.66. The van der Waals surface area contributed by atoms with E-state index in [0.29, 0.717) is 23.2 Å². The minimum Gasteiger partial charge on any atom is -0.461 e. The monoisotopic (exact) mass is 376 g/mol. The number of carbonyl (C=O) groups is 2. The fourth-order valence-corrected chi connectivity index (χ4v) is 3.77. The van der Waals surface area contributed by atoms with E-state index in [2.05, 4.69) is 17.2 Å². The molecule has 0 saturated carbocycles. The summed E-state index contributed by atoms with van der Waals surface area (Å²) in [6, 6.07) is 4.16. The van der Waals surface area contributed by atoms with Gasteiger partial charge in [0.05, 0.1) is 38.3 Å². The minimum atomic E-state index is -0.570. The Labute approximate surface area is 158 Å². The Balaban J connectivity index is 1.75. The van der Waals surface area contributed by atoms with Crippen LogP contribution in [0.25, 0.3) is 10.9 Å². The van der Waals surface area contributed by atoms with E-state index in [-0.39, 0.29) is 23.9 Å². The lowest BCUT2D eigenvalue weighted by Gasteiger charge is -2.27. The Morgan fingerprint density at radius 2 is 2.22 bits per heavy atom. The van der Waals surface area contributed by atoms with Gasteiger partial charge in [0.25, 0.3) is 0 Å². The first kappa shape index (κ1) is 19.4. The molecule has 3 rings (SSSR count). The summed E-state index contributed by atoms with van der Waals surface area (Å²) >= 11 is 0. The van der Waals surface area contributed by atoms with Crippen LogP contribution in [0.4, 0.5) is 10.1 Å². The number of fused-ring (bicyclic) bond motifs is 1. The van der Waals surface area contributed by atoms with E-state index in [1.807, 2.05) is 0 Å². The molecule has 146 valence electrons. The zero-order valence-corrected chi connectivity index (χ0v) is 15.9. The minimum absolute atomic E-state index is 0.143. The van der Waals surface area contributed by atoms with Gasteiger partial charge in [-0.25, -0.2) is 9.18 Å². The van der Waals surface area contributed by atoms with E-state index in [4.69, 9.17) is 4.74 Å². The standard InChI is InChI=1S/C20H26FN3O3/c1-3-27-20(26)19-18(15-11-14(21)6-7-16(15)22-19)23-17(25)8-10-24-9-4-5-13(2)12-24/h6-7,11,13,22H,3-5,8-10,12H2,1-2H3,(H,23,25)/p+1/t13-/m1/s1. The Morgan fingerprint density at radius 3 is 2.96 bits per heavy atom. The molecule has 2 aromatic rings. The number of aromatic nitrogens is 1. The fraction of sp³-hybridized carbons (Fsp3) is 0.500. The number of carbonyl (C=O) groups excluding carboxylic acids is 2. The number of aromatic amines is 1. The molecule has 2 heterocycles. The van der Waals surface area contributed by atoms with Crippen molar-refractivity contribution in [1.29, 1.82) is 0 Å². The van der Waals surface area contributed by atoms with Gasteiger partial charge in [0.2, 0.25) is 5.91 Å². The predicted octanol–water partition coefficient (Wildman–Crippen LogP) is 2.13. The van der Waals surface area contributed by atoms with Gasteiger partial charge in [-0.1, -0.05) is 6.92 Å². The van der Waals surface area contributed by atoms with Gasteiger partial charge in [-0.05, 0) is 38.0 Å². The number of amides is 1. The van der Waals surface area contributed by atoms with Crippen molar-refractivity contribution in [2.24, 2.45) is 5.92 Å². The molecule has 3 N–H and O–H groups in total. The van der Waals surface area contributed by atoms with E-state index in [1.54, 1.807) is 13.0 Å². The SMILES string of the molecule is CCOC(=O)c1[nH]c2ccc(F)cc2c1NC(=O)CC[NH+]1CCC[C@@H](C)C1.